The van der Waals surface area contributed by atoms with Crippen LogP contribution in [0, 0.1) is 17.5 Å². The summed E-state index contributed by atoms with van der Waals surface area (Å²) < 4.78 is 55.0. The Kier molecular flexibility index (Phi) is 14.9. The van der Waals surface area contributed by atoms with Crippen molar-refractivity contribution in [2.45, 2.75) is 51.0 Å². The van der Waals surface area contributed by atoms with Gasteiger partial charge in [0.2, 0.25) is 11.8 Å². The molecule has 16 nitrogen and oxygen atoms in total. The molecule has 374 valence electrons. The fraction of sp³-hybridized carbons (Fsp3) is 0.231. The van der Waals surface area contributed by atoms with Crippen molar-refractivity contribution in [1.82, 2.24) is 49.3 Å². The Hall–Kier alpha value is -8.03. The Morgan fingerprint density at radius 2 is 1.10 bits per heavy atom. The highest BCUT2D eigenvalue weighted by Crippen LogP contribution is 2.39. The van der Waals surface area contributed by atoms with E-state index in [9.17, 15) is 22.8 Å². The number of hydrogen-bond donors (Lipinski definition) is 2. The van der Waals surface area contributed by atoms with Crippen molar-refractivity contribution >= 4 is 68.7 Å². The number of ether oxygens (including phenoxy) is 2. The molecule has 0 spiro atoms. The number of rotatable bonds is 12. The molecule has 2 atom stereocenters. The predicted octanol–water partition coefficient (Wildman–Crippen LogP) is 9.73. The summed E-state index contributed by atoms with van der Waals surface area (Å²) in [6.45, 7) is 9.76. The van der Waals surface area contributed by atoms with Crippen LogP contribution in [0.3, 0.4) is 0 Å². The molecule has 73 heavy (non-hydrogen) atoms. The summed E-state index contributed by atoms with van der Waals surface area (Å²) in [7, 11) is 0. The average Bonchev–Trinajstić information content (AvgIpc) is 4.01. The van der Waals surface area contributed by atoms with Crippen molar-refractivity contribution < 1.29 is 32.2 Å². The highest BCUT2D eigenvalue weighted by molar-refractivity contribution is 6.32. The van der Waals surface area contributed by atoms with E-state index in [1.807, 2.05) is 10.7 Å². The molecular formula is C52H47Cl2F3N12O4. The van der Waals surface area contributed by atoms with Crippen LogP contribution in [-0.4, -0.2) is 87.3 Å². The number of carbonyl (C=O) groups excluding carboxylic acids is 2. The maximum atomic E-state index is 13.5. The number of anilines is 2. The molecular weight excluding hydrogens is 985 g/mol. The van der Waals surface area contributed by atoms with Crippen LogP contribution < -0.4 is 20.9 Å². The summed E-state index contributed by atoms with van der Waals surface area (Å²) in [6.07, 6.45) is 8.76. The number of benzene rings is 4. The predicted molar refractivity (Wildman–Crippen MR) is 272 cm³/mol. The fourth-order valence-corrected chi connectivity index (χ4v) is 9.40. The molecule has 2 aliphatic rings. The number of aromatic nitrogens is 8. The van der Waals surface area contributed by atoms with Crippen molar-refractivity contribution in [1.29, 1.82) is 0 Å². The Morgan fingerprint density at radius 3 is 1.55 bits per heavy atom. The molecule has 2 amide bonds. The lowest BCUT2D eigenvalue weighted by Gasteiger charge is -2.32. The van der Waals surface area contributed by atoms with E-state index in [-0.39, 0.29) is 48.7 Å². The van der Waals surface area contributed by atoms with Gasteiger partial charge in [0.15, 0.2) is 22.9 Å². The molecule has 4 aromatic heterocycles. The largest absolute Gasteiger partial charge is 0.487 e. The minimum absolute atomic E-state index is 0.0101. The summed E-state index contributed by atoms with van der Waals surface area (Å²) in [6, 6.07) is 20.0. The number of nitrogens with two attached hydrogens (primary N) is 2. The first-order valence-electron chi connectivity index (χ1n) is 23.1. The molecule has 2 saturated heterocycles. The Labute approximate surface area is 426 Å². The van der Waals surface area contributed by atoms with Gasteiger partial charge in [0.05, 0.1) is 32.9 Å². The minimum Gasteiger partial charge on any atom is -0.487 e. The number of likely N-dealkylation sites (tertiary alicyclic amines) is 2. The van der Waals surface area contributed by atoms with E-state index in [4.69, 9.17) is 54.3 Å². The molecule has 0 unspecified atom stereocenters. The van der Waals surface area contributed by atoms with E-state index < -0.39 is 11.6 Å². The molecule has 0 aliphatic carbocycles. The van der Waals surface area contributed by atoms with E-state index in [0.717, 1.165) is 48.9 Å². The van der Waals surface area contributed by atoms with Crippen LogP contribution in [0.4, 0.5) is 24.8 Å². The fourth-order valence-electron chi connectivity index (χ4n) is 8.93. The van der Waals surface area contributed by atoms with E-state index in [1.54, 1.807) is 56.9 Å². The number of nitrogens with zero attached hydrogens (tertiary/aromatic N) is 10. The number of nitrogen functional groups attached to an aromatic ring is 2. The quantitative estimate of drug-likeness (QED) is 0.110. The summed E-state index contributed by atoms with van der Waals surface area (Å²) in [5, 5.41) is 11.6. The number of piperidine rings is 2. The maximum Gasteiger partial charge on any atom is 0.246 e. The molecule has 0 saturated carbocycles. The Morgan fingerprint density at radius 1 is 0.630 bits per heavy atom. The summed E-state index contributed by atoms with van der Waals surface area (Å²) in [5.41, 5.74) is 17.5. The first kappa shape index (κ1) is 49.9. The Bertz CT molecular complexity index is 3390. The van der Waals surface area contributed by atoms with Gasteiger partial charge in [-0.15, -0.1) is 0 Å². The molecule has 2 aliphatic heterocycles. The summed E-state index contributed by atoms with van der Waals surface area (Å²) in [5.74, 6) is -0.953. The van der Waals surface area contributed by atoms with Gasteiger partial charge in [-0.3, -0.25) is 9.59 Å². The van der Waals surface area contributed by atoms with Crippen LogP contribution in [0.2, 0.25) is 10.0 Å². The zero-order chi connectivity index (χ0) is 51.3. The second kappa shape index (κ2) is 21.8. The third-order valence-corrected chi connectivity index (χ3v) is 13.2. The van der Waals surface area contributed by atoms with Crippen molar-refractivity contribution in [3.8, 4) is 34.0 Å². The van der Waals surface area contributed by atoms with Crippen molar-refractivity contribution in [3.05, 3.63) is 155 Å². The Balaban J connectivity index is 0.000000180. The third kappa shape index (κ3) is 10.8. The average molecular weight is 1030 g/mol. The lowest BCUT2D eigenvalue weighted by Crippen LogP contribution is -2.40. The monoisotopic (exact) mass is 1030 g/mol. The van der Waals surface area contributed by atoms with E-state index >= 15 is 0 Å². The second-order valence-electron chi connectivity index (χ2n) is 17.3. The molecule has 21 heteroatoms. The molecule has 0 radical (unpaired) electrons. The number of halogens is 5. The van der Waals surface area contributed by atoms with Gasteiger partial charge < -0.3 is 30.7 Å². The molecule has 10 rings (SSSR count). The van der Waals surface area contributed by atoms with Crippen LogP contribution in [0.1, 0.15) is 48.9 Å². The van der Waals surface area contributed by atoms with Crippen LogP contribution in [0.5, 0.6) is 11.5 Å². The first-order chi connectivity index (χ1) is 35.3. The van der Waals surface area contributed by atoms with Gasteiger partial charge in [-0.25, -0.2) is 42.5 Å². The van der Waals surface area contributed by atoms with Crippen molar-refractivity contribution in [2.75, 3.05) is 37.6 Å². The molecule has 2 fully saturated rings. The van der Waals surface area contributed by atoms with Gasteiger partial charge in [0.1, 0.15) is 66.2 Å². The van der Waals surface area contributed by atoms with E-state index in [0.29, 0.717) is 98.1 Å². The zero-order valence-electron chi connectivity index (χ0n) is 39.1. The maximum absolute atomic E-state index is 13.5. The van der Waals surface area contributed by atoms with E-state index in [1.165, 1.54) is 43.0 Å². The van der Waals surface area contributed by atoms with Gasteiger partial charge in [-0.2, -0.15) is 10.2 Å². The highest BCUT2D eigenvalue weighted by atomic mass is 35.5. The molecule has 0 bridgehead atoms. The number of amides is 2. The standard InChI is InChI=1S/C26H23ClF2N6O2.C26H24ClFN6O2/c1-2-22(36)34-9-3-4-17(12-34)35-26-23(25(30)31-14-32-26)24(33-35)16-6-8-21(18(27)11-16)37-13-15-5-7-19(28)20(29)10-15;1-2-22(35)33-11-3-4-19(13-33)34-26-23(25(29)30-15-31-26)24(32-34)17-7-10-21(20(27)12-17)36-14-16-5-8-18(28)9-6-16/h2,5-8,10-11,14,17H,1,3-4,9,12-13H2,(H2,30,31,32);2,5-10,12,15,19H,1,3-4,11,13-14H2,(H2,29,30,31)/t17-;19-/m11/s1. The SMILES string of the molecule is C=CC(=O)N1CCC[C@@H](n2nc(-c3ccc(OCc4ccc(F)c(F)c4)c(Cl)c3)c3c(N)ncnc32)C1.C=CC(=O)N1CCC[C@@H](n2nc(-c3ccc(OCc4ccc(F)cc4)c(Cl)c3)c3c(N)ncnc32)C1. The minimum atomic E-state index is -0.945. The molecule has 6 heterocycles. The van der Waals surface area contributed by atoms with Crippen LogP contribution >= 0.6 is 23.2 Å². The zero-order valence-corrected chi connectivity index (χ0v) is 40.6. The highest BCUT2D eigenvalue weighted by Gasteiger charge is 2.30. The van der Waals surface area contributed by atoms with Crippen LogP contribution in [0.25, 0.3) is 44.6 Å². The normalized spacial score (nSPS) is 15.7. The first-order valence-corrected chi connectivity index (χ1v) is 23.9. The van der Waals surface area contributed by atoms with Crippen molar-refractivity contribution in [3.63, 3.8) is 0 Å². The number of hydrogen-bond acceptors (Lipinski definition) is 12. The summed E-state index contributed by atoms with van der Waals surface area (Å²) in [4.78, 5) is 45.1. The van der Waals surface area contributed by atoms with Gasteiger partial charge in [0, 0.05) is 37.3 Å². The van der Waals surface area contributed by atoms with Gasteiger partial charge >= 0.3 is 0 Å². The number of fused-ring (bicyclic) bond motifs is 2. The third-order valence-electron chi connectivity index (χ3n) is 12.6. The van der Waals surface area contributed by atoms with Crippen LogP contribution in [0.15, 0.2) is 117 Å². The topological polar surface area (TPSA) is 198 Å². The lowest BCUT2D eigenvalue weighted by atomic mass is 10.1. The molecule has 4 N–H and O–H groups in total. The number of carbonyl (C=O) groups is 2. The van der Waals surface area contributed by atoms with Crippen LogP contribution in [-0.2, 0) is 22.8 Å². The summed E-state index contributed by atoms with van der Waals surface area (Å²) >= 11 is 13.1. The molecule has 8 aromatic rings. The van der Waals surface area contributed by atoms with Gasteiger partial charge in [0.25, 0.3) is 0 Å². The smallest absolute Gasteiger partial charge is 0.246 e. The lowest BCUT2D eigenvalue weighted by molar-refractivity contribution is -0.128. The van der Waals surface area contributed by atoms with Crippen molar-refractivity contribution in [2.24, 2.45) is 0 Å². The van der Waals surface area contributed by atoms with E-state index in [2.05, 4.69) is 33.1 Å². The van der Waals surface area contributed by atoms with Gasteiger partial charge in [-0.1, -0.05) is 54.6 Å². The second-order valence-corrected chi connectivity index (χ2v) is 18.1. The molecule has 4 aromatic carbocycles. The van der Waals surface area contributed by atoms with Gasteiger partial charge in [-0.05, 0) is 110 Å².